The maximum Gasteiger partial charge on any atom is 0.123 e. The van der Waals surface area contributed by atoms with Gasteiger partial charge in [-0.25, -0.2) is 4.39 Å². The first-order chi connectivity index (χ1) is 13.2. The van der Waals surface area contributed by atoms with Gasteiger partial charge >= 0.3 is 0 Å². The van der Waals surface area contributed by atoms with Gasteiger partial charge in [0.25, 0.3) is 0 Å². The molecule has 2 aromatic carbocycles. The number of benzene rings is 2. The number of hydrogen-bond donors (Lipinski definition) is 1. The predicted octanol–water partition coefficient (Wildman–Crippen LogP) is 4.73. The van der Waals surface area contributed by atoms with Crippen molar-refractivity contribution >= 4 is 11.4 Å². The Labute approximate surface area is 160 Å². The molecule has 0 radical (unpaired) electrons. The zero-order valence-electron chi connectivity index (χ0n) is 15.7. The van der Waals surface area contributed by atoms with Crippen molar-refractivity contribution in [1.82, 2.24) is 10.3 Å². The van der Waals surface area contributed by atoms with Crippen LogP contribution in [-0.2, 0) is 6.42 Å². The number of hydrazine groups is 1. The molecule has 2 aromatic rings. The van der Waals surface area contributed by atoms with Crippen molar-refractivity contribution in [2.75, 3.05) is 18.1 Å². The van der Waals surface area contributed by atoms with Crippen molar-refractivity contribution in [2.45, 2.75) is 32.2 Å². The molecule has 0 unspecified atom stereocenters. The molecular weight excluding hydrogens is 337 g/mol. The van der Waals surface area contributed by atoms with E-state index in [1.54, 1.807) is 12.1 Å². The van der Waals surface area contributed by atoms with E-state index in [-0.39, 0.29) is 5.82 Å². The normalized spacial score (nSPS) is 19.9. The van der Waals surface area contributed by atoms with E-state index in [2.05, 4.69) is 47.6 Å². The van der Waals surface area contributed by atoms with Gasteiger partial charge in [0.2, 0.25) is 0 Å². The van der Waals surface area contributed by atoms with Crippen LogP contribution in [0.4, 0.5) is 10.1 Å². The van der Waals surface area contributed by atoms with Gasteiger partial charge in [0.15, 0.2) is 0 Å². The molecule has 140 valence electrons. The summed E-state index contributed by atoms with van der Waals surface area (Å²) >= 11 is 0. The van der Waals surface area contributed by atoms with E-state index in [0.717, 1.165) is 36.0 Å². The summed E-state index contributed by atoms with van der Waals surface area (Å²) in [7, 11) is 0. The maximum absolute atomic E-state index is 13.1. The van der Waals surface area contributed by atoms with Crippen LogP contribution in [0.25, 0.3) is 5.70 Å². The van der Waals surface area contributed by atoms with Crippen LogP contribution in [0.3, 0.4) is 0 Å². The highest BCUT2D eigenvalue weighted by Crippen LogP contribution is 2.22. The molecule has 1 atom stereocenters. The fraction of sp³-hybridized carbons (Fsp3) is 0.304. The zero-order chi connectivity index (χ0) is 18.6. The zero-order valence-corrected chi connectivity index (χ0v) is 15.7. The molecule has 0 amide bonds. The number of anilines is 1. The summed E-state index contributed by atoms with van der Waals surface area (Å²) < 4.78 is 13.1. The van der Waals surface area contributed by atoms with E-state index in [1.165, 1.54) is 37.1 Å². The molecular formula is C23H26FN3. The first kappa shape index (κ1) is 17.8. The molecule has 0 aliphatic carbocycles. The molecule has 4 rings (SSSR count). The van der Waals surface area contributed by atoms with Crippen molar-refractivity contribution in [3.05, 3.63) is 83.8 Å². The Morgan fingerprint density at radius 2 is 1.85 bits per heavy atom. The fourth-order valence-electron chi connectivity index (χ4n) is 3.79. The molecule has 1 fully saturated rings. The first-order valence-corrected chi connectivity index (χ1v) is 9.72. The third-order valence-electron chi connectivity index (χ3n) is 5.49. The fourth-order valence-corrected chi connectivity index (χ4v) is 3.79. The van der Waals surface area contributed by atoms with E-state index >= 15 is 0 Å². The number of halogens is 1. The van der Waals surface area contributed by atoms with Crippen LogP contribution in [0.15, 0.2) is 66.9 Å². The van der Waals surface area contributed by atoms with Gasteiger partial charge in [-0.1, -0.05) is 24.3 Å². The summed E-state index contributed by atoms with van der Waals surface area (Å²) in [5.41, 5.74) is 7.83. The summed E-state index contributed by atoms with van der Waals surface area (Å²) in [6.45, 7) is 4.71. The number of nitrogens with one attached hydrogen (secondary N) is 1. The molecule has 2 aliphatic rings. The average molecular weight is 363 g/mol. The minimum absolute atomic E-state index is 0.227. The Hall–Kier alpha value is -2.59. The second-order valence-electron chi connectivity index (χ2n) is 7.35. The van der Waals surface area contributed by atoms with Gasteiger partial charge in [-0.3, -0.25) is 10.4 Å². The monoisotopic (exact) mass is 363 g/mol. The minimum atomic E-state index is -0.227. The lowest BCUT2D eigenvalue weighted by atomic mass is 10.1. The molecule has 3 nitrogen and oxygen atoms in total. The topological polar surface area (TPSA) is 18.5 Å². The minimum Gasteiger partial charge on any atom is -0.300 e. The lowest BCUT2D eigenvalue weighted by Gasteiger charge is -2.27. The second kappa shape index (κ2) is 7.97. The Morgan fingerprint density at radius 3 is 2.56 bits per heavy atom. The van der Waals surface area contributed by atoms with E-state index < -0.39 is 0 Å². The summed E-state index contributed by atoms with van der Waals surface area (Å²) in [5.74, 6) is -0.227. The smallest absolute Gasteiger partial charge is 0.123 e. The van der Waals surface area contributed by atoms with E-state index in [4.69, 9.17) is 0 Å². The lowest BCUT2D eigenvalue weighted by molar-refractivity contribution is 0.272. The molecule has 4 heteroatoms. The van der Waals surface area contributed by atoms with Crippen molar-refractivity contribution in [2.24, 2.45) is 0 Å². The van der Waals surface area contributed by atoms with Gasteiger partial charge in [0.05, 0.1) is 11.4 Å². The largest absolute Gasteiger partial charge is 0.300 e. The van der Waals surface area contributed by atoms with Crippen LogP contribution in [0.1, 0.15) is 30.9 Å². The Morgan fingerprint density at radius 1 is 1.07 bits per heavy atom. The van der Waals surface area contributed by atoms with Gasteiger partial charge in [-0.05, 0) is 80.3 Å². The van der Waals surface area contributed by atoms with Crippen LogP contribution in [0, 0.1) is 5.82 Å². The molecule has 1 N–H and O–H groups in total. The lowest BCUT2D eigenvalue weighted by Crippen LogP contribution is -2.33. The highest BCUT2D eigenvalue weighted by Gasteiger charge is 2.19. The third kappa shape index (κ3) is 4.22. The van der Waals surface area contributed by atoms with Crippen molar-refractivity contribution in [1.29, 1.82) is 0 Å². The molecule has 27 heavy (non-hydrogen) atoms. The van der Waals surface area contributed by atoms with Crippen LogP contribution >= 0.6 is 0 Å². The van der Waals surface area contributed by atoms with E-state index in [0.29, 0.717) is 0 Å². The Balaban J connectivity index is 1.39. The molecule has 0 bridgehead atoms. The van der Waals surface area contributed by atoms with E-state index in [1.807, 2.05) is 17.3 Å². The number of rotatable bonds is 5. The van der Waals surface area contributed by atoms with Crippen molar-refractivity contribution in [3.8, 4) is 0 Å². The molecule has 0 spiro atoms. The molecule has 2 heterocycles. The first-order valence-electron chi connectivity index (χ1n) is 9.72. The predicted molar refractivity (Wildman–Crippen MR) is 110 cm³/mol. The molecule has 1 saturated heterocycles. The molecule has 0 saturated carbocycles. The summed E-state index contributed by atoms with van der Waals surface area (Å²) in [4.78, 5) is 2.59. The highest BCUT2D eigenvalue weighted by molar-refractivity contribution is 5.70. The van der Waals surface area contributed by atoms with Gasteiger partial charge in [-0.2, -0.15) is 0 Å². The van der Waals surface area contributed by atoms with Crippen LogP contribution < -0.4 is 10.4 Å². The second-order valence-corrected chi connectivity index (χ2v) is 7.35. The van der Waals surface area contributed by atoms with Gasteiger partial charge in [-0.15, -0.1) is 0 Å². The van der Waals surface area contributed by atoms with Gasteiger partial charge in [0.1, 0.15) is 5.82 Å². The third-order valence-corrected chi connectivity index (χ3v) is 5.49. The number of nitrogens with zero attached hydrogens (tertiary/aromatic N) is 2. The van der Waals surface area contributed by atoms with Gasteiger partial charge < -0.3 is 4.90 Å². The molecule has 0 aromatic heterocycles. The summed E-state index contributed by atoms with van der Waals surface area (Å²) in [6.07, 6.45) is 9.74. The maximum atomic E-state index is 13.1. The quantitative estimate of drug-likeness (QED) is 0.828. The number of hydrogen-bond acceptors (Lipinski definition) is 3. The number of likely N-dealkylation sites (tertiary alicyclic amines) is 1. The van der Waals surface area contributed by atoms with E-state index in [9.17, 15) is 4.39 Å². The summed E-state index contributed by atoms with van der Waals surface area (Å²) in [5, 5.41) is 1.90. The van der Waals surface area contributed by atoms with Crippen LogP contribution in [-0.4, -0.2) is 24.0 Å². The highest BCUT2D eigenvalue weighted by atomic mass is 19.1. The van der Waals surface area contributed by atoms with Crippen LogP contribution in [0.2, 0.25) is 0 Å². The van der Waals surface area contributed by atoms with Crippen molar-refractivity contribution < 1.29 is 4.39 Å². The Bertz CT molecular complexity index is 824. The Kier molecular flexibility index (Phi) is 5.26. The molecule has 2 aliphatic heterocycles. The van der Waals surface area contributed by atoms with Crippen LogP contribution in [0.5, 0.6) is 0 Å². The number of allylic oxidation sites excluding steroid dienone is 2. The SMILES string of the molecule is C[C@@H]1CCCN1CCc1ccc(C2=CC=CN(c3ccc(F)cc3)N2)cc1. The summed E-state index contributed by atoms with van der Waals surface area (Å²) in [6, 6.07) is 16.0. The van der Waals surface area contributed by atoms with Crippen molar-refractivity contribution in [3.63, 3.8) is 0 Å². The van der Waals surface area contributed by atoms with Gasteiger partial charge in [0, 0.05) is 18.8 Å². The average Bonchev–Trinajstić information content (AvgIpc) is 3.12. The standard InChI is InChI=1S/C23H26FN3/c1-18-4-2-15-26(18)17-14-19-6-8-20(9-7-19)23-5-3-16-27(25-23)22-12-10-21(24)11-13-22/h3,5-13,16,18,25H,2,4,14-15,17H2,1H3/t18-/m1/s1.